The molecule has 0 heterocycles. The summed E-state index contributed by atoms with van der Waals surface area (Å²) in [6.07, 6.45) is 0. The van der Waals surface area contributed by atoms with Gasteiger partial charge in [0.25, 0.3) is 5.91 Å². The van der Waals surface area contributed by atoms with Gasteiger partial charge in [-0.3, -0.25) is 4.79 Å². The van der Waals surface area contributed by atoms with Crippen molar-refractivity contribution in [1.82, 2.24) is 10.0 Å². The topological polar surface area (TPSA) is 75.3 Å². The maximum atomic E-state index is 12.8. The summed E-state index contributed by atoms with van der Waals surface area (Å²) >= 11 is 0. The predicted molar refractivity (Wildman–Crippen MR) is 119 cm³/mol. The van der Waals surface area contributed by atoms with Gasteiger partial charge in [-0.15, -0.1) is 0 Å². The van der Waals surface area contributed by atoms with E-state index in [-0.39, 0.29) is 22.8 Å². The van der Waals surface area contributed by atoms with Crippen LogP contribution in [-0.2, 0) is 10.0 Å². The molecule has 0 aliphatic carbocycles. The Bertz CT molecular complexity index is 1040. The predicted octanol–water partition coefficient (Wildman–Crippen LogP) is 3.94. The summed E-state index contributed by atoms with van der Waals surface area (Å²) in [7, 11) is -3.66. The number of hydrogen-bond donors (Lipinski definition) is 2. The van der Waals surface area contributed by atoms with Gasteiger partial charge in [0.1, 0.15) is 0 Å². The van der Waals surface area contributed by atoms with Crippen LogP contribution < -0.4 is 10.0 Å². The molecule has 156 valence electrons. The lowest BCUT2D eigenvalue weighted by Gasteiger charge is -2.19. The van der Waals surface area contributed by atoms with Crippen LogP contribution in [0.5, 0.6) is 0 Å². The smallest absolute Gasteiger partial charge is 0.251 e. The highest BCUT2D eigenvalue weighted by atomic mass is 32.2. The number of carbonyl (C=O) groups is 1. The number of carbonyl (C=O) groups excluding carboxylic acids is 1. The first-order chi connectivity index (χ1) is 14.4. The molecule has 3 aromatic rings. The number of amides is 1. The van der Waals surface area contributed by atoms with Crippen LogP contribution >= 0.6 is 0 Å². The van der Waals surface area contributed by atoms with E-state index in [0.29, 0.717) is 12.1 Å². The molecule has 6 heteroatoms. The molecule has 0 radical (unpaired) electrons. The molecule has 0 atom stereocenters. The minimum Gasteiger partial charge on any atom is -0.351 e. The summed E-state index contributed by atoms with van der Waals surface area (Å²) in [5.74, 6) is -0.320. The Labute approximate surface area is 178 Å². The second kappa shape index (κ2) is 9.69. The second-order valence-electron chi connectivity index (χ2n) is 7.39. The molecule has 30 heavy (non-hydrogen) atoms. The van der Waals surface area contributed by atoms with E-state index in [1.54, 1.807) is 26.0 Å². The number of sulfonamides is 1. The average Bonchev–Trinajstić information content (AvgIpc) is 2.74. The minimum absolute atomic E-state index is 0.00845. The van der Waals surface area contributed by atoms with E-state index in [0.717, 1.165) is 11.1 Å². The third-order valence-corrected chi connectivity index (χ3v) is 6.32. The van der Waals surface area contributed by atoms with E-state index in [1.165, 1.54) is 12.1 Å². The van der Waals surface area contributed by atoms with Gasteiger partial charge < -0.3 is 5.32 Å². The summed E-state index contributed by atoms with van der Waals surface area (Å²) < 4.78 is 27.4. The molecular formula is C24H26N2O3S. The highest BCUT2D eigenvalue weighted by molar-refractivity contribution is 7.89. The summed E-state index contributed by atoms with van der Waals surface area (Å²) in [4.78, 5) is 12.9. The SMILES string of the molecule is CC(C)NS(=O)(=O)c1cccc(C(=O)NCC(c2ccccc2)c2ccccc2)c1. The molecule has 0 aliphatic rings. The van der Waals surface area contributed by atoms with Crippen LogP contribution in [0.3, 0.4) is 0 Å². The third kappa shape index (κ3) is 5.55. The van der Waals surface area contributed by atoms with Gasteiger partial charge in [0.2, 0.25) is 10.0 Å². The lowest BCUT2D eigenvalue weighted by atomic mass is 9.91. The van der Waals surface area contributed by atoms with Crippen molar-refractivity contribution in [2.24, 2.45) is 0 Å². The van der Waals surface area contributed by atoms with Crippen molar-refractivity contribution in [3.8, 4) is 0 Å². The molecule has 0 spiro atoms. The van der Waals surface area contributed by atoms with Crippen LogP contribution in [-0.4, -0.2) is 26.9 Å². The molecule has 3 rings (SSSR count). The summed E-state index contributed by atoms with van der Waals surface area (Å²) in [6.45, 7) is 3.90. The van der Waals surface area contributed by atoms with E-state index in [1.807, 2.05) is 60.7 Å². The molecule has 0 fully saturated rings. The summed E-state index contributed by atoms with van der Waals surface area (Å²) in [5.41, 5.74) is 2.50. The van der Waals surface area contributed by atoms with Gasteiger partial charge in [0.15, 0.2) is 0 Å². The van der Waals surface area contributed by atoms with Crippen molar-refractivity contribution in [2.75, 3.05) is 6.54 Å². The van der Waals surface area contributed by atoms with Crippen molar-refractivity contribution >= 4 is 15.9 Å². The fraction of sp³-hybridized carbons (Fsp3) is 0.208. The van der Waals surface area contributed by atoms with E-state index in [2.05, 4.69) is 10.0 Å². The zero-order valence-corrected chi connectivity index (χ0v) is 17.9. The van der Waals surface area contributed by atoms with E-state index in [9.17, 15) is 13.2 Å². The van der Waals surface area contributed by atoms with Crippen molar-refractivity contribution < 1.29 is 13.2 Å². The first kappa shape index (κ1) is 21.7. The Kier molecular flexibility index (Phi) is 7.03. The van der Waals surface area contributed by atoms with Crippen molar-refractivity contribution in [2.45, 2.75) is 30.7 Å². The van der Waals surface area contributed by atoms with Gasteiger partial charge in [-0.05, 0) is 43.2 Å². The lowest BCUT2D eigenvalue weighted by molar-refractivity contribution is 0.0952. The van der Waals surface area contributed by atoms with Crippen LogP contribution in [0.4, 0.5) is 0 Å². The minimum atomic E-state index is -3.66. The van der Waals surface area contributed by atoms with E-state index in [4.69, 9.17) is 0 Å². The highest BCUT2D eigenvalue weighted by Gasteiger charge is 2.19. The maximum Gasteiger partial charge on any atom is 0.251 e. The molecule has 3 aromatic carbocycles. The quantitative estimate of drug-likeness (QED) is 0.577. The molecule has 0 saturated carbocycles. The Hall–Kier alpha value is -2.96. The standard InChI is InChI=1S/C24H26N2O3S/c1-18(2)26-30(28,29)22-15-9-14-21(16-22)24(27)25-17-23(19-10-5-3-6-11-19)20-12-7-4-8-13-20/h3-16,18,23,26H,17H2,1-2H3,(H,25,27). The van der Waals surface area contributed by atoms with Gasteiger partial charge >= 0.3 is 0 Å². The maximum absolute atomic E-state index is 12.8. The zero-order valence-electron chi connectivity index (χ0n) is 17.1. The Balaban J connectivity index is 1.79. The Morgan fingerprint density at radius 2 is 1.40 bits per heavy atom. The van der Waals surface area contributed by atoms with Crippen molar-refractivity contribution in [1.29, 1.82) is 0 Å². The van der Waals surface area contributed by atoms with Gasteiger partial charge in [-0.25, -0.2) is 13.1 Å². The molecule has 2 N–H and O–H groups in total. The summed E-state index contributed by atoms with van der Waals surface area (Å²) in [6, 6.07) is 25.8. The van der Waals surface area contributed by atoms with Crippen LogP contribution in [0.1, 0.15) is 41.3 Å². The lowest BCUT2D eigenvalue weighted by Crippen LogP contribution is -2.31. The van der Waals surface area contributed by atoms with E-state index < -0.39 is 10.0 Å². The largest absolute Gasteiger partial charge is 0.351 e. The van der Waals surface area contributed by atoms with Crippen molar-refractivity contribution in [3.05, 3.63) is 102 Å². The number of rotatable bonds is 8. The first-order valence-corrected chi connectivity index (χ1v) is 11.4. The monoisotopic (exact) mass is 422 g/mol. The molecule has 0 bridgehead atoms. The second-order valence-corrected chi connectivity index (χ2v) is 9.10. The Morgan fingerprint density at radius 1 is 0.833 bits per heavy atom. The van der Waals surface area contributed by atoms with Gasteiger partial charge in [0.05, 0.1) is 4.90 Å². The third-order valence-electron chi connectivity index (χ3n) is 4.67. The molecule has 0 aromatic heterocycles. The molecular weight excluding hydrogens is 396 g/mol. The Morgan fingerprint density at radius 3 is 1.93 bits per heavy atom. The van der Waals surface area contributed by atoms with E-state index >= 15 is 0 Å². The fourth-order valence-corrected chi connectivity index (χ4v) is 4.58. The molecule has 0 saturated heterocycles. The first-order valence-electron chi connectivity index (χ1n) is 9.87. The molecule has 1 amide bonds. The van der Waals surface area contributed by atoms with Crippen LogP contribution in [0.15, 0.2) is 89.8 Å². The number of hydrogen-bond acceptors (Lipinski definition) is 3. The molecule has 0 aliphatic heterocycles. The molecule has 5 nitrogen and oxygen atoms in total. The highest BCUT2D eigenvalue weighted by Crippen LogP contribution is 2.24. The normalized spacial score (nSPS) is 11.6. The van der Waals surface area contributed by atoms with Gasteiger partial charge in [-0.1, -0.05) is 66.7 Å². The van der Waals surface area contributed by atoms with Crippen LogP contribution in [0, 0.1) is 0 Å². The number of benzene rings is 3. The average molecular weight is 423 g/mol. The van der Waals surface area contributed by atoms with Gasteiger partial charge in [0, 0.05) is 24.1 Å². The summed E-state index contributed by atoms with van der Waals surface area (Å²) in [5, 5.41) is 2.96. The van der Waals surface area contributed by atoms with Crippen LogP contribution in [0.25, 0.3) is 0 Å². The van der Waals surface area contributed by atoms with Crippen LogP contribution in [0.2, 0.25) is 0 Å². The number of nitrogens with one attached hydrogen (secondary N) is 2. The van der Waals surface area contributed by atoms with Crippen molar-refractivity contribution in [3.63, 3.8) is 0 Å². The fourth-order valence-electron chi connectivity index (χ4n) is 3.28. The zero-order chi connectivity index (χ0) is 21.6. The van der Waals surface area contributed by atoms with Gasteiger partial charge in [-0.2, -0.15) is 0 Å². The molecule has 0 unspecified atom stereocenters.